The SMILES string of the molecule is CC[C@H](C)CC(=O)N[C@H]1CCCCNC(=O)[C@H](CC(N)=O)NC(=O)[C@@H](CC(=O)O)NC(=O)[C@H](Cc2cnc[nH]2)NC(=O)[C@@H](Cc2ccccc2)NC(=O)[C@H]([C@@H](C)CC)NC(=O)[C@@H](CCCN)NC1=O. The highest BCUT2D eigenvalue weighted by Crippen LogP contribution is 2.14. The maximum atomic E-state index is 14.4. The molecule has 69 heavy (non-hydrogen) atoms. The van der Waals surface area contributed by atoms with Gasteiger partial charge in [-0.05, 0) is 56.0 Å². The number of aromatic nitrogens is 2. The Morgan fingerprint density at radius 1 is 0.739 bits per heavy atom. The number of carbonyl (C=O) groups is 10. The van der Waals surface area contributed by atoms with Crippen LogP contribution in [0, 0.1) is 11.8 Å². The van der Waals surface area contributed by atoms with E-state index >= 15 is 0 Å². The monoisotopic (exact) mass is 967 g/mol. The molecule has 0 aliphatic carbocycles. The van der Waals surface area contributed by atoms with Gasteiger partial charge in [0.25, 0.3) is 0 Å². The lowest BCUT2D eigenvalue weighted by molar-refractivity contribution is -0.141. The maximum absolute atomic E-state index is 14.4. The first-order valence-corrected chi connectivity index (χ1v) is 23.5. The number of hydrogen-bond acceptors (Lipinski definition) is 12. The van der Waals surface area contributed by atoms with Crippen molar-refractivity contribution in [1.82, 2.24) is 52.5 Å². The van der Waals surface area contributed by atoms with Crippen LogP contribution in [0.3, 0.4) is 0 Å². The van der Waals surface area contributed by atoms with E-state index in [1.165, 1.54) is 12.5 Å². The fourth-order valence-corrected chi connectivity index (χ4v) is 7.37. The van der Waals surface area contributed by atoms with Gasteiger partial charge in [-0.3, -0.25) is 47.9 Å². The molecule has 23 heteroatoms. The number of amides is 9. The first-order chi connectivity index (χ1) is 32.8. The number of rotatable bonds is 17. The first-order valence-electron chi connectivity index (χ1n) is 23.5. The molecule has 14 N–H and O–H groups in total. The van der Waals surface area contributed by atoms with E-state index in [0.717, 1.165) is 0 Å². The minimum absolute atomic E-state index is 0.000292. The van der Waals surface area contributed by atoms with Crippen LogP contribution in [0.2, 0.25) is 0 Å². The molecule has 0 spiro atoms. The number of nitrogens with one attached hydrogen (secondary N) is 9. The summed E-state index contributed by atoms with van der Waals surface area (Å²) in [6.07, 6.45) is 2.73. The smallest absolute Gasteiger partial charge is 0.305 e. The van der Waals surface area contributed by atoms with Gasteiger partial charge in [0.1, 0.15) is 42.3 Å². The van der Waals surface area contributed by atoms with Crippen LogP contribution in [0.5, 0.6) is 0 Å². The molecule has 1 aromatic carbocycles. The molecule has 3 rings (SSSR count). The second kappa shape index (κ2) is 29.1. The summed E-state index contributed by atoms with van der Waals surface area (Å²) in [6.45, 7) is 7.44. The van der Waals surface area contributed by atoms with Gasteiger partial charge in [-0.1, -0.05) is 70.9 Å². The number of carboxylic acid groups (broad SMARTS) is 1. The predicted octanol–water partition coefficient (Wildman–Crippen LogP) is -1.54. The lowest BCUT2D eigenvalue weighted by Gasteiger charge is -2.30. The Kier molecular flexibility index (Phi) is 23.8. The van der Waals surface area contributed by atoms with Gasteiger partial charge in [0.2, 0.25) is 53.2 Å². The molecule has 2 aromatic rings. The highest BCUT2D eigenvalue weighted by Gasteiger charge is 2.36. The molecule has 380 valence electrons. The highest BCUT2D eigenvalue weighted by atomic mass is 16.4. The summed E-state index contributed by atoms with van der Waals surface area (Å²) in [5.74, 6) is -9.55. The van der Waals surface area contributed by atoms with Gasteiger partial charge in [-0.25, -0.2) is 4.98 Å². The van der Waals surface area contributed by atoms with Crippen molar-refractivity contribution >= 4 is 59.1 Å². The quantitative estimate of drug-likeness (QED) is 0.0857. The number of benzene rings is 1. The van der Waals surface area contributed by atoms with Crippen molar-refractivity contribution in [2.75, 3.05) is 13.1 Å². The van der Waals surface area contributed by atoms with Crippen molar-refractivity contribution in [1.29, 1.82) is 0 Å². The molecule has 0 saturated carbocycles. The fourth-order valence-electron chi connectivity index (χ4n) is 7.37. The van der Waals surface area contributed by atoms with E-state index in [0.29, 0.717) is 30.5 Å². The molecule has 9 atom stereocenters. The summed E-state index contributed by atoms with van der Waals surface area (Å²) in [5, 5.41) is 30.7. The zero-order chi connectivity index (χ0) is 51.0. The van der Waals surface area contributed by atoms with E-state index in [2.05, 4.69) is 52.5 Å². The number of aliphatic carboxylic acids is 1. The Bertz CT molecular complexity index is 2050. The molecule has 23 nitrogen and oxygen atoms in total. The average Bonchev–Trinajstić information content (AvgIpc) is 3.83. The van der Waals surface area contributed by atoms with E-state index in [4.69, 9.17) is 11.5 Å². The molecule has 0 bridgehead atoms. The van der Waals surface area contributed by atoms with E-state index in [9.17, 15) is 53.1 Å². The summed E-state index contributed by atoms with van der Waals surface area (Å²) >= 11 is 0. The standard InChI is InChI=1S/C46H70N12O11/c1-5-26(3)19-37(60)52-30-15-10-11-18-50-40(63)34(22-36(48)59)55-45(68)35(23-38(61)62)56-44(67)33(21-29-24-49-25-51-29)54-43(66)32(20-28-13-8-7-9-14-28)57-46(69)39(27(4)6-2)58-42(65)31(16-12-17-47)53-41(30)64/h7-9,13-14,24-27,30-35,39H,5-6,10-12,15-23,47H2,1-4H3,(H2,48,59)(H,49,51)(H,50,63)(H,52,60)(H,53,64)(H,54,66)(H,55,68)(H,56,67)(H,57,69)(H,58,65)(H,61,62)/t26-,27-,30-,31+,32+,33-,34-,35+,39-/m0/s1. The third-order valence-electron chi connectivity index (χ3n) is 11.8. The van der Waals surface area contributed by atoms with Crippen molar-refractivity contribution in [3.63, 3.8) is 0 Å². The molecule has 1 fully saturated rings. The van der Waals surface area contributed by atoms with Gasteiger partial charge in [-0.15, -0.1) is 0 Å². The van der Waals surface area contributed by atoms with Crippen LogP contribution >= 0.6 is 0 Å². The molecular formula is C46H70N12O11. The topological polar surface area (TPSA) is 368 Å². The van der Waals surface area contributed by atoms with Crippen LogP contribution in [0.25, 0.3) is 0 Å². The van der Waals surface area contributed by atoms with Crippen molar-refractivity contribution in [2.24, 2.45) is 23.3 Å². The minimum Gasteiger partial charge on any atom is -0.481 e. The summed E-state index contributed by atoms with van der Waals surface area (Å²) in [4.78, 5) is 142. The Balaban J connectivity index is 2.14. The van der Waals surface area contributed by atoms with E-state index in [-0.39, 0.29) is 64.0 Å². The normalized spacial score (nSPS) is 24.0. The summed E-state index contributed by atoms with van der Waals surface area (Å²) in [5.41, 5.74) is 12.2. The van der Waals surface area contributed by atoms with Gasteiger partial charge < -0.3 is 64.1 Å². The van der Waals surface area contributed by atoms with Crippen LogP contribution in [0.1, 0.15) is 103 Å². The number of carboxylic acids is 1. The molecule has 9 amide bonds. The molecule has 1 aliphatic heterocycles. The van der Waals surface area contributed by atoms with Crippen LogP contribution in [-0.4, -0.2) is 130 Å². The lowest BCUT2D eigenvalue weighted by atomic mass is 9.96. The van der Waals surface area contributed by atoms with E-state index < -0.39 is 120 Å². The van der Waals surface area contributed by atoms with E-state index in [1.807, 2.05) is 13.8 Å². The number of aromatic amines is 1. The Morgan fingerprint density at radius 2 is 1.33 bits per heavy atom. The van der Waals surface area contributed by atoms with Gasteiger partial charge in [0.05, 0.1) is 19.2 Å². The van der Waals surface area contributed by atoms with Crippen LogP contribution in [0.15, 0.2) is 42.9 Å². The Labute approximate surface area is 401 Å². The summed E-state index contributed by atoms with van der Waals surface area (Å²) < 4.78 is 0. The molecule has 0 radical (unpaired) electrons. The van der Waals surface area contributed by atoms with E-state index in [1.54, 1.807) is 44.2 Å². The number of hydrogen-bond donors (Lipinski definition) is 12. The predicted molar refractivity (Wildman–Crippen MR) is 251 cm³/mol. The Hall–Kier alpha value is -6.91. The Morgan fingerprint density at radius 3 is 1.93 bits per heavy atom. The first kappa shape index (κ1) is 56.4. The second-order valence-electron chi connectivity index (χ2n) is 17.5. The fraction of sp³-hybridized carbons (Fsp3) is 0.587. The molecule has 1 aromatic heterocycles. The van der Waals surface area contributed by atoms with Crippen molar-refractivity contribution < 1.29 is 53.1 Å². The minimum atomic E-state index is -1.85. The van der Waals surface area contributed by atoms with Crippen LogP contribution in [0.4, 0.5) is 0 Å². The number of primary amides is 1. The van der Waals surface area contributed by atoms with Crippen molar-refractivity contribution in [3.8, 4) is 0 Å². The number of nitrogens with zero attached hydrogens (tertiary/aromatic N) is 1. The van der Waals surface area contributed by atoms with Crippen LogP contribution in [-0.2, 0) is 60.8 Å². The van der Waals surface area contributed by atoms with Gasteiger partial charge in [0.15, 0.2) is 0 Å². The lowest BCUT2D eigenvalue weighted by Crippen LogP contribution is -2.61. The third kappa shape index (κ3) is 19.7. The van der Waals surface area contributed by atoms with Gasteiger partial charge >= 0.3 is 5.97 Å². The third-order valence-corrected chi connectivity index (χ3v) is 11.8. The zero-order valence-corrected chi connectivity index (χ0v) is 39.8. The molecule has 0 unspecified atom stereocenters. The second-order valence-corrected chi connectivity index (χ2v) is 17.5. The zero-order valence-electron chi connectivity index (χ0n) is 39.8. The average molecular weight is 967 g/mol. The number of nitrogens with two attached hydrogens (primary N) is 2. The maximum Gasteiger partial charge on any atom is 0.305 e. The number of imidazole rings is 1. The summed E-state index contributed by atoms with van der Waals surface area (Å²) in [6, 6.07) is -1.38. The highest BCUT2D eigenvalue weighted by molar-refractivity contribution is 5.99. The summed E-state index contributed by atoms with van der Waals surface area (Å²) in [7, 11) is 0. The van der Waals surface area contributed by atoms with Crippen molar-refractivity contribution in [2.45, 2.75) is 147 Å². The number of H-pyrrole nitrogens is 1. The molecule has 1 saturated heterocycles. The molecular weight excluding hydrogens is 897 g/mol. The van der Waals surface area contributed by atoms with Gasteiger partial charge in [-0.2, -0.15) is 0 Å². The van der Waals surface area contributed by atoms with Gasteiger partial charge in [0, 0.05) is 37.7 Å². The largest absolute Gasteiger partial charge is 0.481 e. The van der Waals surface area contributed by atoms with Crippen molar-refractivity contribution in [3.05, 3.63) is 54.1 Å². The number of carbonyl (C=O) groups excluding carboxylic acids is 9. The molecule has 1 aliphatic rings. The van der Waals surface area contributed by atoms with Crippen LogP contribution < -0.4 is 54.0 Å². The molecule has 2 heterocycles.